The molecule has 1 aliphatic rings. The van der Waals surface area contributed by atoms with E-state index in [1.165, 1.54) is 15.2 Å². The Balaban J connectivity index is 0.00000274. The van der Waals surface area contributed by atoms with E-state index < -0.39 is 17.3 Å². The quantitative estimate of drug-likeness (QED) is 0.442. The topological polar surface area (TPSA) is 95.0 Å². The molecule has 4 heterocycles. The smallest absolute Gasteiger partial charge is 0.332 e. The molecule has 3 aromatic heterocycles. The number of aryl methyl sites for hydroxylation is 1. The van der Waals surface area contributed by atoms with Crippen molar-refractivity contribution in [1.29, 1.82) is 0 Å². The van der Waals surface area contributed by atoms with Crippen molar-refractivity contribution < 1.29 is 13.3 Å². The lowest BCUT2D eigenvalue weighted by atomic mass is 10.1. The zero-order chi connectivity index (χ0) is 23.1. The van der Waals surface area contributed by atoms with Crippen LogP contribution in [-0.2, 0) is 13.0 Å². The summed E-state index contributed by atoms with van der Waals surface area (Å²) in [5, 5.41) is 7.13. The largest absolute Gasteiger partial charge is 0.337 e. The molecule has 0 spiro atoms. The summed E-state index contributed by atoms with van der Waals surface area (Å²) in [5.41, 5.74) is -0.00816. The Morgan fingerprint density at radius 2 is 1.94 bits per heavy atom. The first kappa shape index (κ1) is 24.2. The fraction of sp³-hybridized carbons (Fsp3) is 0.364. The highest BCUT2D eigenvalue weighted by Crippen LogP contribution is 2.32. The number of piperidine rings is 1. The number of hydrogen-bond donors (Lipinski definition) is 1. The summed E-state index contributed by atoms with van der Waals surface area (Å²) >= 11 is 1.15. The van der Waals surface area contributed by atoms with Gasteiger partial charge in [0.05, 0.1) is 5.52 Å². The molecule has 4 aromatic rings. The fourth-order valence-corrected chi connectivity index (χ4v) is 5.22. The van der Waals surface area contributed by atoms with Crippen LogP contribution >= 0.6 is 23.7 Å². The second kappa shape index (κ2) is 9.77. The first-order valence-electron chi connectivity index (χ1n) is 10.7. The van der Waals surface area contributed by atoms with Gasteiger partial charge < -0.3 is 9.84 Å². The number of benzene rings is 1. The third-order valence-corrected chi connectivity index (χ3v) is 7.01. The summed E-state index contributed by atoms with van der Waals surface area (Å²) in [6, 6.07) is 4.99. The molecule has 5 rings (SSSR count). The predicted octanol–water partition coefficient (Wildman–Crippen LogP) is 3.51. The van der Waals surface area contributed by atoms with E-state index in [9.17, 15) is 18.4 Å². The molecule has 1 aromatic carbocycles. The van der Waals surface area contributed by atoms with Gasteiger partial charge in [0.25, 0.3) is 5.56 Å². The number of fused-ring (bicyclic) bond motifs is 1. The van der Waals surface area contributed by atoms with Crippen LogP contribution in [0.3, 0.4) is 0 Å². The van der Waals surface area contributed by atoms with Gasteiger partial charge >= 0.3 is 5.69 Å². The summed E-state index contributed by atoms with van der Waals surface area (Å²) < 4.78 is 35.7. The standard InChI is InChI=1S/C22H21F2N5O3S.ClH/c1-2-18-26-19(32-27-18)11-28-16-10-17(12-3-4-14(23)15(24)9-12)33-20(16)21(30)29(22(28)31)13-5-7-25-8-6-13;/h3-4,9-10,13,25H,2,5-8,11H2,1H3;1H. The number of nitrogens with one attached hydrogen (secondary N) is 1. The minimum Gasteiger partial charge on any atom is -0.337 e. The summed E-state index contributed by atoms with van der Waals surface area (Å²) in [6.45, 7) is 3.32. The second-order valence-electron chi connectivity index (χ2n) is 7.94. The lowest BCUT2D eigenvalue weighted by molar-refractivity contribution is 0.338. The molecular weight excluding hydrogens is 488 g/mol. The fourth-order valence-electron chi connectivity index (χ4n) is 4.13. The lowest BCUT2D eigenvalue weighted by Gasteiger charge is -2.24. The first-order valence-corrected chi connectivity index (χ1v) is 11.5. The van der Waals surface area contributed by atoms with Crippen molar-refractivity contribution in [1.82, 2.24) is 24.6 Å². The average molecular weight is 510 g/mol. The Labute approximate surface area is 202 Å². The van der Waals surface area contributed by atoms with E-state index >= 15 is 0 Å². The molecule has 180 valence electrons. The number of thiophene rings is 1. The van der Waals surface area contributed by atoms with Gasteiger partial charge in [-0.05, 0) is 49.7 Å². The van der Waals surface area contributed by atoms with Crippen molar-refractivity contribution in [2.45, 2.75) is 38.8 Å². The van der Waals surface area contributed by atoms with Gasteiger partial charge in [0.2, 0.25) is 5.89 Å². The monoisotopic (exact) mass is 509 g/mol. The summed E-state index contributed by atoms with van der Waals surface area (Å²) in [7, 11) is 0. The van der Waals surface area contributed by atoms with Crippen LogP contribution in [0.1, 0.15) is 37.5 Å². The predicted molar refractivity (Wildman–Crippen MR) is 127 cm³/mol. The van der Waals surface area contributed by atoms with Crippen molar-refractivity contribution in [2.75, 3.05) is 13.1 Å². The van der Waals surface area contributed by atoms with Gasteiger partial charge in [-0.3, -0.25) is 13.9 Å². The Morgan fingerprint density at radius 3 is 2.62 bits per heavy atom. The van der Waals surface area contributed by atoms with Crippen LogP contribution in [0.4, 0.5) is 8.78 Å². The van der Waals surface area contributed by atoms with Crippen LogP contribution in [-0.4, -0.2) is 32.4 Å². The molecule has 12 heteroatoms. The molecule has 8 nitrogen and oxygen atoms in total. The van der Waals surface area contributed by atoms with Gasteiger partial charge in [0.15, 0.2) is 17.5 Å². The number of aromatic nitrogens is 4. The third-order valence-electron chi connectivity index (χ3n) is 5.85. The van der Waals surface area contributed by atoms with Gasteiger partial charge in [-0.1, -0.05) is 18.1 Å². The van der Waals surface area contributed by atoms with E-state index in [1.807, 2.05) is 6.92 Å². The van der Waals surface area contributed by atoms with Crippen molar-refractivity contribution in [3.05, 3.63) is 68.5 Å². The van der Waals surface area contributed by atoms with E-state index in [4.69, 9.17) is 4.52 Å². The summed E-state index contributed by atoms with van der Waals surface area (Å²) in [5.74, 6) is -1.15. The highest BCUT2D eigenvalue weighted by Gasteiger charge is 2.25. The second-order valence-corrected chi connectivity index (χ2v) is 8.99. The minimum absolute atomic E-state index is 0. The van der Waals surface area contributed by atoms with Crippen LogP contribution in [0.2, 0.25) is 0 Å². The van der Waals surface area contributed by atoms with E-state index in [0.717, 1.165) is 23.5 Å². The number of halogens is 3. The average Bonchev–Trinajstić information content (AvgIpc) is 3.47. The maximum absolute atomic E-state index is 13.8. The molecule has 34 heavy (non-hydrogen) atoms. The molecule has 0 atom stereocenters. The SMILES string of the molecule is CCc1noc(Cn2c(=O)n(C3CCNCC3)c(=O)c3sc(-c4ccc(F)c(F)c4)cc32)n1.Cl. The van der Waals surface area contributed by atoms with Crippen molar-refractivity contribution in [2.24, 2.45) is 0 Å². The Hall–Kier alpha value is -2.89. The van der Waals surface area contributed by atoms with Crippen molar-refractivity contribution >= 4 is 34.0 Å². The summed E-state index contributed by atoms with van der Waals surface area (Å²) in [6.07, 6.45) is 1.90. The zero-order valence-corrected chi connectivity index (χ0v) is 19.8. The van der Waals surface area contributed by atoms with E-state index in [2.05, 4.69) is 15.5 Å². The van der Waals surface area contributed by atoms with E-state index in [0.29, 0.717) is 58.8 Å². The van der Waals surface area contributed by atoms with Crippen LogP contribution in [0.5, 0.6) is 0 Å². The number of nitrogens with zero attached hydrogens (tertiary/aromatic N) is 4. The molecule has 0 bridgehead atoms. The Morgan fingerprint density at radius 1 is 1.18 bits per heavy atom. The van der Waals surface area contributed by atoms with Crippen molar-refractivity contribution in [3.63, 3.8) is 0 Å². The first-order chi connectivity index (χ1) is 16.0. The van der Waals surface area contributed by atoms with Gasteiger partial charge in [-0.15, -0.1) is 23.7 Å². The van der Waals surface area contributed by atoms with Gasteiger partial charge in [-0.2, -0.15) is 4.98 Å². The molecule has 1 aliphatic heterocycles. The molecule has 0 saturated carbocycles. The minimum atomic E-state index is -0.979. The van der Waals surface area contributed by atoms with Gasteiger partial charge in [-0.25, -0.2) is 13.6 Å². The Bertz CT molecular complexity index is 1460. The Kier molecular flexibility index (Phi) is 6.96. The van der Waals surface area contributed by atoms with Crippen molar-refractivity contribution in [3.8, 4) is 10.4 Å². The van der Waals surface area contributed by atoms with Crippen LogP contribution in [0.15, 0.2) is 38.4 Å². The van der Waals surface area contributed by atoms with Crippen LogP contribution < -0.4 is 16.6 Å². The molecule has 0 amide bonds. The lowest BCUT2D eigenvalue weighted by Crippen LogP contribution is -2.45. The molecular formula is C22H22ClF2N5O3S. The van der Waals surface area contributed by atoms with Crippen LogP contribution in [0.25, 0.3) is 20.7 Å². The zero-order valence-electron chi connectivity index (χ0n) is 18.2. The maximum Gasteiger partial charge on any atom is 0.332 e. The number of hydrogen-bond acceptors (Lipinski definition) is 7. The van der Waals surface area contributed by atoms with E-state index in [1.54, 1.807) is 6.07 Å². The maximum atomic E-state index is 13.8. The molecule has 1 N–H and O–H groups in total. The van der Waals surface area contributed by atoms with Gasteiger partial charge in [0, 0.05) is 17.3 Å². The third kappa shape index (κ3) is 4.30. The highest BCUT2D eigenvalue weighted by atomic mass is 35.5. The van der Waals surface area contributed by atoms with Gasteiger partial charge in [0.1, 0.15) is 11.2 Å². The molecule has 0 unspecified atom stereocenters. The normalized spacial score (nSPS) is 14.4. The molecule has 1 saturated heterocycles. The molecule has 1 fully saturated rings. The highest BCUT2D eigenvalue weighted by molar-refractivity contribution is 7.22. The van der Waals surface area contributed by atoms with E-state index in [-0.39, 0.29) is 36.4 Å². The molecule has 0 aliphatic carbocycles. The number of rotatable bonds is 5. The summed E-state index contributed by atoms with van der Waals surface area (Å²) in [4.78, 5) is 31.8. The molecule has 0 radical (unpaired) electrons. The van der Waals surface area contributed by atoms with Crippen LogP contribution in [0, 0.1) is 11.6 Å².